The summed E-state index contributed by atoms with van der Waals surface area (Å²) in [5, 5.41) is 0. The fourth-order valence-electron chi connectivity index (χ4n) is 2.85. The van der Waals surface area contributed by atoms with Crippen molar-refractivity contribution >= 4 is 5.82 Å². The maximum atomic E-state index is 15.3. The Kier molecular flexibility index (Phi) is 3.97. The molecule has 25 heavy (non-hydrogen) atoms. The van der Waals surface area contributed by atoms with Gasteiger partial charge in [0, 0.05) is 11.1 Å². The van der Waals surface area contributed by atoms with Gasteiger partial charge in [-0.3, -0.25) is 4.98 Å². The molecule has 4 rings (SSSR count). The van der Waals surface area contributed by atoms with Crippen molar-refractivity contribution in [3.63, 3.8) is 0 Å². The summed E-state index contributed by atoms with van der Waals surface area (Å²) in [4.78, 5) is 16.0. The van der Waals surface area contributed by atoms with Gasteiger partial charge in [0.25, 0.3) is 0 Å². The smallest absolute Gasteiger partial charge is 0.175 e. The van der Waals surface area contributed by atoms with Crippen molar-refractivity contribution in [1.29, 1.82) is 0 Å². The Labute approximate surface area is 143 Å². The van der Waals surface area contributed by atoms with Gasteiger partial charge in [-0.2, -0.15) is 0 Å². The standard InChI is InChI=1S/C18H16FN5O/c19-17-14(15-8-24-16(20)9-23-15)5-4-13(11-2-1-3-11)18(17)25-12-6-21-10-22-7-12/h4-11H,1-3H2,(H2,20,24). The molecule has 126 valence electrons. The number of hydrogen-bond acceptors (Lipinski definition) is 6. The average Bonchev–Trinajstić information content (AvgIpc) is 2.59. The van der Waals surface area contributed by atoms with Gasteiger partial charge in [-0.05, 0) is 24.8 Å². The van der Waals surface area contributed by atoms with Gasteiger partial charge < -0.3 is 10.5 Å². The molecule has 1 saturated carbocycles. The van der Waals surface area contributed by atoms with Crippen molar-refractivity contribution in [2.24, 2.45) is 0 Å². The van der Waals surface area contributed by atoms with Crippen LogP contribution in [0.2, 0.25) is 0 Å². The van der Waals surface area contributed by atoms with Crippen LogP contribution in [0.3, 0.4) is 0 Å². The van der Waals surface area contributed by atoms with Gasteiger partial charge in [0.1, 0.15) is 12.1 Å². The Hall–Kier alpha value is -3.09. The van der Waals surface area contributed by atoms with E-state index in [0.717, 1.165) is 24.8 Å². The van der Waals surface area contributed by atoms with Crippen LogP contribution in [0.1, 0.15) is 30.7 Å². The number of nitrogens with two attached hydrogens (primary N) is 1. The first-order valence-corrected chi connectivity index (χ1v) is 8.05. The summed E-state index contributed by atoms with van der Waals surface area (Å²) in [7, 11) is 0. The topological polar surface area (TPSA) is 86.8 Å². The molecule has 0 radical (unpaired) electrons. The van der Waals surface area contributed by atoms with Crippen molar-refractivity contribution in [2.75, 3.05) is 5.73 Å². The van der Waals surface area contributed by atoms with E-state index in [0.29, 0.717) is 22.9 Å². The summed E-state index contributed by atoms with van der Waals surface area (Å²) in [6.07, 6.45) is 10.5. The van der Waals surface area contributed by atoms with Crippen LogP contribution in [0.5, 0.6) is 11.5 Å². The number of hydrogen-bond donors (Lipinski definition) is 1. The number of rotatable bonds is 4. The van der Waals surface area contributed by atoms with Gasteiger partial charge in [0.15, 0.2) is 17.3 Å². The molecule has 7 heteroatoms. The minimum Gasteiger partial charge on any atom is -0.451 e. The number of nitrogen functional groups attached to an aromatic ring is 1. The largest absolute Gasteiger partial charge is 0.451 e. The second-order valence-electron chi connectivity index (χ2n) is 5.98. The van der Waals surface area contributed by atoms with E-state index >= 15 is 4.39 Å². The summed E-state index contributed by atoms with van der Waals surface area (Å²) < 4.78 is 21.1. The molecule has 0 spiro atoms. The lowest BCUT2D eigenvalue weighted by molar-refractivity contribution is 0.383. The summed E-state index contributed by atoms with van der Waals surface area (Å²) in [5.41, 5.74) is 7.14. The predicted octanol–water partition coefficient (Wildman–Crippen LogP) is 3.71. The molecule has 0 bridgehead atoms. The fraction of sp³-hybridized carbons (Fsp3) is 0.222. The lowest BCUT2D eigenvalue weighted by Gasteiger charge is -2.28. The van der Waals surface area contributed by atoms with Gasteiger partial charge >= 0.3 is 0 Å². The van der Waals surface area contributed by atoms with E-state index < -0.39 is 5.82 Å². The second kappa shape index (κ2) is 6.43. The Morgan fingerprint density at radius 2 is 1.84 bits per heavy atom. The quantitative estimate of drug-likeness (QED) is 0.781. The molecule has 0 saturated heterocycles. The normalized spacial score (nSPS) is 14.1. The average molecular weight is 337 g/mol. The molecule has 6 nitrogen and oxygen atoms in total. The molecular weight excluding hydrogens is 321 g/mol. The van der Waals surface area contributed by atoms with Crippen LogP contribution >= 0.6 is 0 Å². The summed E-state index contributed by atoms with van der Waals surface area (Å²) in [6.45, 7) is 0. The van der Waals surface area contributed by atoms with Gasteiger partial charge in [-0.25, -0.2) is 19.3 Å². The molecule has 0 amide bonds. The maximum absolute atomic E-state index is 15.3. The monoisotopic (exact) mass is 337 g/mol. The zero-order chi connectivity index (χ0) is 17.2. The highest BCUT2D eigenvalue weighted by Gasteiger charge is 2.27. The highest BCUT2D eigenvalue weighted by atomic mass is 19.1. The van der Waals surface area contributed by atoms with Crippen molar-refractivity contribution in [2.45, 2.75) is 25.2 Å². The van der Waals surface area contributed by atoms with Crippen LogP contribution in [0, 0.1) is 5.82 Å². The highest BCUT2D eigenvalue weighted by Crippen LogP contribution is 2.44. The molecule has 3 aromatic rings. The summed E-state index contributed by atoms with van der Waals surface area (Å²) in [5.74, 6) is 0.722. The molecule has 2 aromatic heterocycles. The van der Waals surface area contributed by atoms with Gasteiger partial charge in [0.05, 0.1) is 30.5 Å². The van der Waals surface area contributed by atoms with E-state index in [1.54, 1.807) is 6.07 Å². The van der Waals surface area contributed by atoms with Crippen molar-refractivity contribution in [3.8, 4) is 22.8 Å². The Morgan fingerprint density at radius 1 is 1.04 bits per heavy atom. The Bertz CT molecular complexity index is 882. The molecule has 2 heterocycles. The zero-order valence-corrected chi connectivity index (χ0v) is 13.4. The first kappa shape index (κ1) is 15.4. The van der Waals surface area contributed by atoms with Gasteiger partial charge in [-0.1, -0.05) is 12.5 Å². The molecule has 2 N–H and O–H groups in total. The number of anilines is 1. The van der Waals surface area contributed by atoms with Crippen LogP contribution in [0.4, 0.5) is 10.2 Å². The van der Waals surface area contributed by atoms with E-state index in [9.17, 15) is 0 Å². The van der Waals surface area contributed by atoms with Crippen molar-refractivity contribution in [1.82, 2.24) is 19.9 Å². The first-order chi connectivity index (χ1) is 12.2. The van der Waals surface area contributed by atoms with Crippen LogP contribution in [0.15, 0.2) is 43.2 Å². The van der Waals surface area contributed by atoms with Crippen molar-refractivity contribution in [3.05, 3.63) is 54.6 Å². The highest BCUT2D eigenvalue weighted by molar-refractivity contribution is 5.64. The third kappa shape index (κ3) is 3.00. The molecule has 1 aliphatic carbocycles. The molecule has 0 unspecified atom stereocenters. The SMILES string of the molecule is Nc1cnc(-c2ccc(C3CCC3)c(Oc3cncnc3)c2F)cn1. The van der Waals surface area contributed by atoms with Crippen LogP contribution in [-0.2, 0) is 0 Å². The number of aromatic nitrogens is 4. The minimum atomic E-state index is -0.465. The Morgan fingerprint density at radius 3 is 2.48 bits per heavy atom. The van der Waals surface area contributed by atoms with Crippen LogP contribution < -0.4 is 10.5 Å². The number of ether oxygens (including phenoxy) is 1. The molecule has 1 fully saturated rings. The summed E-state index contributed by atoms with van der Waals surface area (Å²) >= 11 is 0. The van der Waals surface area contributed by atoms with E-state index in [2.05, 4.69) is 19.9 Å². The third-order valence-electron chi connectivity index (χ3n) is 4.38. The maximum Gasteiger partial charge on any atom is 0.175 e. The second-order valence-corrected chi connectivity index (χ2v) is 5.98. The molecular formula is C18H16FN5O. The summed E-state index contributed by atoms with van der Waals surface area (Å²) in [6, 6.07) is 3.62. The van der Waals surface area contributed by atoms with E-state index in [1.165, 1.54) is 31.1 Å². The molecule has 1 aliphatic rings. The van der Waals surface area contributed by atoms with Crippen LogP contribution in [-0.4, -0.2) is 19.9 Å². The zero-order valence-electron chi connectivity index (χ0n) is 13.4. The molecule has 0 aliphatic heterocycles. The van der Waals surface area contributed by atoms with E-state index in [4.69, 9.17) is 10.5 Å². The van der Waals surface area contributed by atoms with Crippen LogP contribution in [0.25, 0.3) is 11.3 Å². The lowest BCUT2D eigenvalue weighted by atomic mass is 9.79. The minimum absolute atomic E-state index is 0.204. The van der Waals surface area contributed by atoms with Gasteiger partial charge in [0.2, 0.25) is 0 Å². The van der Waals surface area contributed by atoms with E-state index in [-0.39, 0.29) is 11.6 Å². The predicted molar refractivity (Wildman–Crippen MR) is 90.5 cm³/mol. The molecule has 0 atom stereocenters. The number of benzene rings is 1. The molecule has 1 aromatic carbocycles. The fourth-order valence-corrected chi connectivity index (χ4v) is 2.85. The van der Waals surface area contributed by atoms with E-state index in [1.807, 2.05) is 6.07 Å². The third-order valence-corrected chi connectivity index (χ3v) is 4.38. The first-order valence-electron chi connectivity index (χ1n) is 8.05. The number of halogens is 1. The van der Waals surface area contributed by atoms with Crippen molar-refractivity contribution < 1.29 is 9.13 Å². The lowest BCUT2D eigenvalue weighted by Crippen LogP contribution is -2.11. The number of nitrogens with zero attached hydrogens (tertiary/aromatic N) is 4. The van der Waals surface area contributed by atoms with Gasteiger partial charge in [-0.15, -0.1) is 0 Å². The Balaban J connectivity index is 1.79.